The lowest BCUT2D eigenvalue weighted by molar-refractivity contribution is -0.384. The minimum absolute atomic E-state index is 0.125. The van der Waals surface area contributed by atoms with Gasteiger partial charge >= 0.3 is 5.69 Å². The summed E-state index contributed by atoms with van der Waals surface area (Å²) in [5.74, 6) is 0.926. The average molecular weight is 488 g/mol. The molecule has 1 aromatic carbocycles. The molecule has 11 nitrogen and oxygen atoms in total. The van der Waals surface area contributed by atoms with Crippen LogP contribution in [0.1, 0.15) is 13.8 Å². The number of rotatable bonds is 8. The van der Waals surface area contributed by atoms with E-state index in [0.717, 1.165) is 0 Å². The molecule has 0 atom stereocenters. The Labute approximate surface area is 197 Å². The summed E-state index contributed by atoms with van der Waals surface area (Å²) in [5, 5.41) is 11.7. The van der Waals surface area contributed by atoms with Gasteiger partial charge in [-0.05, 0) is 30.2 Å². The lowest BCUT2D eigenvalue weighted by Gasteiger charge is -2.09. The number of H-pyrrole nitrogens is 1. The van der Waals surface area contributed by atoms with E-state index in [1.807, 2.05) is 13.8 Å². The van der Waals surface area contributed by atoms with E-state index < -0.39 is 16.2 Å². The van der Waals surface area contributed by atoms with Gasteiger partial charge in [0.2, 0.25) is 0 Å². The number of nitrogens with one attached hydrogen (secondary N) is 1. The van der Waals surface area contributed by atoms with E-state index in [4.69, 9.17) is 20.8 Å². The molecule has 3 heterocycles. The molecular formula is C22H22ClN5O6. The molecule has 1 N–H and O–H groups in total. The molecule has 34 heavy (non-hydrogen) atoms. The highest BCUT2D eigenvalue weighted by Gasteiger charge is 2.24. The van der Waals surface area contributed by atoms with Crippen LogP contribution in [-0.2, 0) is 17.8 Å². The zero-order valence-electron chi connectivity index (χ0n) is 18.7. The Kier molecular flexibility index (Phi) is 6.40. The maximum absolute atomic E-state index is 12.8. The van der Waals surface area contributed by atoms with Crippen LogP contribution < -0.4 is 11.2 Å². The number of hydrogen-bond acceptors (Lipinski definition) is 7. The molecule has 0 bridgehead atoms. The quantitative estimate of drug-likeness (QED) is 0.295. The van der Waals surface area contributed by atoms with Gasteiger partial charge in [-0.1, -0.05) is 25.4 Å². The van der Waals surface area contributed by atoms with Crippen LogP contribution in [0.15, 0.2) is 44.3 Å². The Morgan fingerprint density at radius 2 is 1.94 bits per heavy atom. The number of aromatic nitrogens is 4. The minimum Gasteiger partial charge on any atom is -0.453 e. The number of methoxy groups -OCH3 is 1. The monoisotopic (exact) mass is 487 g/mol. The molecule has 0 unspecified atom stereocenters. The van der Waals surface area contributed by atoms with Crippen LogP contribution in [0.25, 0.3) is 34.1 Å². The van der Waals surface area contributed by atoms with Gasteiger partial charge in [-0.15, -0.1) is 0 Å². The van der Waals surface area contributed by atoms with Gasteiger partial charge in [0, 0.05) is 31.3 Å². The highest BCUT2D eigenvalue weighted by molar-refractivity contribution is 6.30. The first kappa shape index (κ1) is 23.5. The fraction of sp³-hybridized carbons (Fsp3) is 0.318. The fourth-order valence-electron chi connectivity index (χ4n) is 3.76. The highest BCUT2D eigenvalue weighted by atomic mass is 35.5. The van der Waals surface area contributed by atoms with E-state index in [9.17, 15) is 19.7 Å². The van der Waals surface area contributed by atoms with Crippen molar-refractivity contribution in [2.24, 2.45) is 5.92 Å². The van der Waals surface area contributed by atoms with Crippen LogP contribution in [0.2, 0.25) is 5.02 Å². The second-order valence-corrected chi connectivity index (χ2v) is 8.53. The molecule has 12 heteroatoms. The number of furan rings is 1. The van der Waals surface area contributed by atoms with E-state index in [1.54, 1.807) is 16.7 Å². The Balaban J connectivity index is 1.93. The lowest BCUT2D eigenvalue weighted by atomic mass is 10.1. The van der Waals surface area contributed by atoms with E-state index in [2.05, 4.69) is 9.97 Å². The zero-order valence-corrected chi connectivity index (χ0v) is 19.5. The Bertz CT molecular complexity index is 1500. The third-order valence-electron chi connectivity index (χ3n) is 5.20. The third kappa shape index (κ3) is 4.27. The van der Waals surface area contributed by atoms with Crippen molar-refractivity contribution in [2.45, 2.75) is 26.9 Å². The topological polar surface area (TPSA) is 138 Å². The van der Waals surface area contributed by atoms with E-state index in [1.165, 1.54) is 29.9 Å². The molecule has 0 fully saturated rings. The number of hydrogen-bond donors (Lipinski definition) is 1. The van der Waals surface area contributed by atoms with Gasteiger partial charge in [0.1, 0.15) is 5.76 Å². The van der Waals surface area contributed by atoms with Gasteiger partial charge in [0.05, 0.1) is 17.1 Å². The number of nitro groups is 1. The van der Waals surface area contributed by atoms with Gasteiger partial charge < -0.3 is 13.7 Å². The molecule has 0 saturated carbocycles. The molecule has 178 valence electrons. The first-order valence-corrected chi connectivity index (χ1v) is 10.9. The van der Waals surface area contributed by atoms with Crippen molar-refractivity contribution in [1.82, 2.24) is 19.1 Å². The van der Waals surface area contributed by atoms with Crippen molar-refractivity contribution >= 4 is 28.5 Å². The molecule has 3 aromatic heterocycles. The Morgan fingerprint density at radius 1 is 1.21 bits per heavy atom. The predicted molar refractivity (Wildman–Crippen MR) is 126 cm³/mol. The van der Waals surface area contributed by atoms with Crippen LogP contribution >= 0.6 is 11.6 Å². The second-order valence-electron chi connectivity index (χ2n) is 8.10. The summed E-state index contributed by atoms with van der Waals surface area (Å²) in [6, 6.07) is 7.47. The number of ether oxygens (including phenoxy) is 1. The zero-order chi connectivity index (χ0) is 24.6. The highest BCUT2D eigenvalue weighted by Crippen LogP contribution is 2.35. The molecule has 0 radical (unpaired) electrons. The van der Waals surface area contributed by atoms with Crippen molar-refractivity contribution < 1.29 is 14.1 Å². The molecular weight excluding hydrogens is 466 g/mol. The number of nitrogens with zero attached hydrogens (tertiary/aromatic N) is 4. The van der Waals surface area contributed by atoms with Gasteiger partial charge in [0.15, 0.2) is 22.7 Å². The summed E-state index contributed by atoms with van der Waals surface area (Å²) in [6.07, 6.45) is 0. The summed E-state index contributed by atoms with van der Waals surface area (Å²) < 4.78 is 14.2. The molecule has 0 spiro atoms. The van der Waals surface area contributed by atoms with Gasteiger partial charge in [-0.25, -0.2) is 9.78 Å². The van der Waals surface area contributed by atoms with E-state index >= 15 is 0 Å². The Hall–Kier alpha value is -3.70. The first-order chi connectivity index (χ1) is 16.2. The summed E-state index contributed by atoms with van der Waals surface area (Å²) >= 11 is 5.92. The van der Waals surface area contributed by atoms with Crippen LogP contribution in [0.5, 0.6) is 0 Å². The summed E-state index contributed by atoms with van der Waals surface area (Å²) in [6.45, 7) is 4.79. The molecule has 0 saturated heterocycles. The van der Waals surface area contributed by atoms with Crippen molar-refractivity contribution in [2.75, 3.05) is 13.7 Å². The number of nitro benzene ring substituents is 1. The largest absolute Gasteiger partial charge is 0.453 e. The van der Waals surface area contributed by atoms with Crippen molar-refractivity contribution in [3.8, 4) is 22.9 Å². The van der Waals surface area contributed by atoms with Crippen LogP contribution in [-0.4, -0.2) is 37.7 Å². The smallest absolute Gasteiger partial charge is 0.330 e. The maximum atomic E-state index is 12.8. The van der Waals surface area contributed by atoms with E-state index in [-0.39, 0.29) is 58.0 Å². The normalized spacial score (nSPS) is 11.6. The molecule has 0 amide bonds. The lowest BCUT2D eigenvalue weighted by Crippen LogP contribution is -2.32. The van der Waals surface area contributed by atoms with Crippen molar-refractivity contribution in [1.29, 1.82) is 0 Å². The number of aromatic amines is 1. The minimum atomic E-state index is -0.574. The number of benzene rings is 1. The van der Waals surface area contributed by atoms with Crippen LogP contribution in [0, 0.1) is 16.0 Å². The van der Waals surface area contributed by atoms with Crippen LogP contribution in [0.4, 0.5) is 5.69 Å². The average Bonchev–Trinajstić information content (AvgIpc) is 3.40. The van der Waals surface area contributed by atoms with Crippen molar-refractivity contribution in [3.63, 3.8) is 0 Å². The summed E-state index contributed by atoms with van der Waals surface area (Å²) in [7, 11) is 1.53. The van der Waals surface area contributed by atoms with Crippen molar-refractivity contribution in [3.05, 3.63) is 66.3 Å². The first-order valence-electron chi connectivity index (χ1n) is 10.5. The molecule has 0 aliphatic rings. The van der Waals surface area contributed by atoms with E-state index in [0.29, 0.717) is 12.4 Å². The molecule has 4 aromatic rings. The van der Waals surface area contributed by atoms with Gasteiger partial charge in [0.25, 0.3) is 11.2 Å². The second kappa shape index (κ2) is 9.27. The number of imidazole rings is 1. The SMILES string of the molecule is COCCn1c(-c2ccc(-c3ccc(Cl)cc3[N+](=O)[O-])o2)nc2c1c(=O)[nH]c(=O)n2CC(C)C. The Morgan fingerprint density at radius 3 is 2.62 bits per heavy atom. The molecule has 0 aliphatic heterocycles. The molecule has 0 aliphatic carbocycles. The standard InChI is InChI=1S/C22H22ClN5O6/c1-12(2)11-27-20-18(21(29)25-22(27)30)26(8-9-33-3)19(24-20)17-7-6-16(34-17)14-5-4-13(23)10-15(14)28(31)32/h4-7,10,12H,8-9,11H2,1-3H3,(H,25,29,30). The maximum Gasteiger partial charge on any atom is 0.330 e. The number of halogens is 1. The predicted octanol–water partition coefficient (Wildman–Crippen LogP) is 3.68. The summed E-state index contributed by atoms with van der Waals surface area (Å²) in [5.41, 5.74) is -0.647. The summed E-state index contributed by atoms with van der Waals surface area (Å²) in [4.78, 5) is 43.2. The third-order valence-corrected chi connectivity index (χ3v) is 5.44. The van der Waals surface area contributed by atoms with Crippen LogP contribution in [0.3, 0.4) is 0 Å². The number of fused-ring (bicyclic) bond motifs is 1. The van der Waals surface area contributed by atoms with Gasteiger partial charge in [-0.2, -0.15) is 0 Å². The molecule has 4 rings (SSSR count). The van der Waals surface area contributed by atoms with Gasteiger partial charge in [-0.3, -0.25) is 24.5 Å². The fourth-order valence-corrected chi connectivity index (χ4v) is 3.93.